The highest BCUT2D eigenvalue weighted by Crippen LogP contribution is 2.19. The summed E-state index contributed by atoms with van der Waals surface area (Å²) >= 11 is 0. The fourth-order valence-electron chi connectivity index (χ4n) is 10.8. The number of carbonyl (C=O) groups is 2. The van der Waals surface area contributed by atoms with Crippen LogP contribution in [0.1, 0.15) is 373 Å². The van der Waals surface area contributed by atoms with E-state index in [1.165, 1.54) is 270 Å². The second-order valence-electron chi connectivity index (χ2n) is 24.3. The van der Waals surface area contributed by atoms with E-state index in [1.54, 1.807) is 0 Å². The van der Waals surface area contributed by atoms with Gasteiger partial charge in [0.2, 0.25) is 0 Å². The number of allylic oxidation sites excluding steroid dienone is 14. The maximum atomic E-state index is 12.4. The molecule has 0 saturated carbocycles. The lowest BCUT2D eigenvalue weighted by Gasteiger charge is -2.15. The van der Waals surface area contributed by atoms with Crippen molar-refractivity contribution in [2.45, 2.75) is 380 Å². The summed E-state index contributed by atoms with van der Waals surface area (Å²) in [5.74, 6) is -0.573. The topological polar surface area (TPSA) is 72.8 Å². The second-order valence-corrected chi connectivity index (χ2v) is 24.3. The Bertz CT molecular complexity index is 1480. The number of unbranched alkanes of at least 4 members (excludes halogenated alkanes) is 45. The van der Waals surface area contributed by atoms with Crippen molar-refractivity contribution in [3.05, 3.63) is 85.1 Å². The number of rotatable bonds is 67. The van der Waals surface area contributed by atoms with Crippen LogP contribution in [0.15, 0.2) is 85.1 Å². The molecular weight excluding hydrogens is 1000 g/mol. The average molecular weight is 1140 g/mol. The van der Waals surface area contributed by atoms with E-state index >= 15 is 0 Å². The Morgan fingerprint density at radius 3 is 0.793 bits per heavy atom. The van der Waals surface area contributed by atoms with Crippen LogP contribution in [-0.2, 0) is 19.1 Å². The molecule has 476 valence electrons. The Kier molecular flexibility index (Phi) is 69.8. The molecular formula is C77H138O5. The maximum Gasteiger partial charge on any atom is 0.306 e. The molecule has 0 aromatic rings. The Labute approximate surface area is 511 Å². The SMILES string of the molecule is CC/C=C\C/C=C\C/C=C\C/C=C\CCCCCCCCCCCCCCCCCCC(=O)OC(CO)COC(=O)CCCCCCCCCCCCCCCCCCCCCCCCCC/C=C\C/C=C\C/C=C\CCCCCCC. The van der Waals surface area contributed by atoms with Crippen LogP contribution in [0.5, 0.6) is 0 Å². The van der Waals surface area contributed by atoms with Crippen LogP contribution < -0.4 is 0 Å². The summed E-state index contributed by atoms with van der Waals surface area (Å²) < 4.78 is 10.8. The van der Waals surface area contributed by atoms with Crippen molar-refractivity contribution in [3.8, 4) is 0 Å². The molecule has 0 saturated heterocycles. The van der Waals surface area contributed by atoms with Gasteiger partial charge < -0.3 is 14.6 Å². The van der Waals surface area contributed by atoms with Crippen molar-refractivity contribution in [1.82, 2.24) is 0 Å². The Hall–Kier alpha value is -2.92. The lowest BCUT2D eigenvalue weighted by Crippen LogP contribution is -2.28. The summed E-state index contributed by atoms with van der Waals surface area (Å²) in [5, 5.41) is 9.71. The van der Waals surface area contributed by atoms with Gasteiger partial charge in [-0.2, -0.15) is 0 Å². The smallest absolute Gasteiger partial charge is 0.306 e. The van der Waals surface area contributed by atoms with Gasteiger partial charge in [-0.25, -0.2) is 0 Å². The van der Waals surface area contributed by atoms with Crippen molar-refractivity contribution in [1.29, 1.82) is 0 Å². The van der Waals surface area contributed by atoms with E-state index in [9.17, 15) is 14.7 Å². The Morgan fingerprint density at radius 2 is 0.524 bits per heavy atom. The predicted octanol–water partition coefficient (Wildman–Crippen LogP) is 25.2. The molecule has 5 heteroatoms. The van der Waals surface area contributed by atoms with E-state index in [2.05, 4.69) is 98.9 Å². The van der Waals surface area contributed by atoms with Gasteiger partial charge in [-0.1, -0.05) is 356 Å². The molecule has 0 amide bonds. The molecule has 0 aliphatic carbocycles. The lowest BCUT2D eigenvalue weighted by molar-refractivity contribution is -0.161. The van der Waals surface area contributed by atoms with Gasteiger partial charge in [0, 0.05) is 12.8 Å². The molecule has 1 unspecified atom stereocenters. The highest BCUT2D eigenvalue weighted by atomic mass is 16.6. The van der Waals surface area contributed by atoms with Crippen LogP contribution in [0, 0.1) is 0 Å². The molecule has 1 atom stereocenters. The van der Waals surface area contributed by atoms with Crippen molar-refractivity contribution in [3.63, 3.8) is 0 Å². The largest absolute Gasteiger partial charge is 0.462 e. The quantitative estimate of drug-likeness (QED) is 0.0373. The molecule has 5 nitrogen and oxygen atoms in total. The number of hydrogen-bond acceptors (Lipinski definition) is 5. The van der Waals surface area contributed by atoms with Crippen LogP contribution in [-0.4, -0.2) is 36.4 Å². The molecule has 0 aromatic carbocycles. The first-order chi connectivity index (χ1) is 40.6. The molecule has 0 aliphatic rings. The molecule has 0 bridgehead atoms. The van der Waals surface area contributed by atoms with Gasteiger partial charge in [0.25, 0.3) is 0 Å². The van der Waals surface area contributed by atoms with Crippen LogP contribution >= 0.6 is 0 Å². The molecule has 0 radical (unpaired) electrons. The number of aliphatic hydroxyl groups is 1. The first-order valence-corrected chi connectivity index (χ1v) is 36.1. The third-order valence-electron chi connectivity index (χ3n) is 16.2. The zero-order valence-electron chi connectivity index (χ0n) is 54.8. The van der Waals surface area contributed by atoms with Gasteiger partial charge >= 0.3 is 11.9 Å². The normalized spacial score (nSPS) is 12.7. The van der Waals surface area contributed by atoms with E-state index in [0.717, 1.165) is 77.0 Å². The molecule has 0 fully saturated rings. The first-order valence-electron chi connectivity index (χ1n) is 36.1. The summed E-state index contributed by atoms with van der Waals surface area (Å²) in [4.78, 5) is 24.7. The fraction of sp³-hybridized carbons (Fsp3) is 0.792. The van der Waals surface area contributed by atoms with Crippen molar-refractivity contribution >= 4 is 11.9 Å². The minimum absolute atomic E-state index is 0.0632. The maximum absolute atomic E-state index is 12.4. The first kappa shape index (κ1) is 79.1. The van der Waals surface area contributed by atoms with Crippen LogP contribution in [0.3, 0.4) is 0 Å². The van der Waals surface area contributed by atoms with Crippen molar-refractivity contribution in [2.75, 3.05) is 13.2 Å². The molecule has 0 aliphatic heterocycles. The van der Waals surface area contributed by atoms with E-state index in [0.29, 0.717) is 12.8 Å². The number of esters is 2. The van der Waals surface area contributed by atoms with E-state index in [-0.39, 0.29) is 25.2 Å². The Morgan fingerprint density at radius 1 is 0.293 bits per heavy atom. The predicted molar refractivity (Wildman–Crippen MR) is 362 cm³/mol. The summed E-state index contributed by atoms with van der Waals surface area (Å²) in [6, 6.07) is 0. The highest BCUT2D eigenvalue weighted by molar-refractivity contribution is 5.70. The average Bonchev–Trinajstić information content (AvgIpc) is 3.49. The zero-order chi connectivity index (χ0) is 59.1. The number of carbonyl (C=O) groups excluding carboxylic acids is 2. The van der Waals surface area contributed by atoms with E-state index in [4.69, 9.17) is 9.47 Å². The minimum atomic E-state index is -0.774. The van der Waals surface area contributed by atoms with Gasteiger partial charge in [0.05, 0.1) is 6.61 Å². The van der Waals surface area contributed by atoms with Crippen LogP contribution in [0.2, 0.25) is 0 Å². The third-order valence-corrected chi connectivity index (χ3v) is 16.2. The van der Waals surface area contributed by atoms with E-state index < -0.39 is 6.10 Å². The van der Waals surface area contributed by atoms with Crippen molar-refractivity contribution in [2.24, 2.45) is 0 Å². The third kappa shape index (κ3) is 69.6. The van der Waals surface area contributed by atoms with Crippen LogP contribution in [0.4, 0.5) is 0 Å². The number of hydrogen-bond donors (Lipinski definition) is 1. The monoisotopic (exact) mass is 1140 g/mol. The summed E-state index contributed by atoms with van der Waals surface area (Å²) in [6.07, 6.45) is 102. The van der Waals surface area contributed by atoms with Gasteiger partial charge in [0.15, 0.2) is 6.10 Å². The van der Waals surface area contributed by atoms with E-state index in [1.807, 2.05) is 0 Å². The molecule has 0 aromatic heterocycles. The minimum Gasteiger partial charge on any atom is -0.462 e. The molecule has 82 heavy (non-hydrogen) atoms. The van der Waals surface area contributed by atoms with Crippen molar-refractivity contribution < 1.29 is 24.2 Å². The molecule has 1 N–H and O–H groups in total. The Balaban J connectivity index is 3.40. The fourth-order valence-corrected chi connectivity index (χ4v) is 10.8. The number of aliphatic hydroxyl groups excluding tert-OH is 1. The molecule has 0 spiro atoms. The highest BCUT2D eigenvalue weighted by Gasteiger charge is 2.16. The van der Waals surface area contributed by atoms with Gasteiger partial charge in [0.1, 0.15) is 6.61 Å². The lowest BCUT2D eigenvalue weighted by atomic mass is 10.0. The molecule has 0 heterocycles. The standard InChI is InChI=1S/C77H138O5/c1-3-5-7-9-11-13-15-17-19-21-23-25-27-29-31-33-34-35-36-37-38-39-40-41-42-44-45-47-49-51-53-55-57-59-61-63-65-67-69-71-76(79)81-74-75(73-78)82-77(80)72-70-68-66-64-62-60-58-56-54-52-50-48-46-43-32-30-28-26-24-22-20-18-16-14-12-10-8-6-4-2/h6,8,12,14-15,17-18,20-21,23-24,26-27,29,75,78H,3-5,7,9-11,13,16,19,22,25,28,30-74H2,1-2H3/b8-6-,14-12-,17-15-,20-18-,23-21-,26-24-,29-27-. The van der Waals surface area contributed by atoms with Gasteiger partial charge in [-0.15, -0.1) is 0 Å². The summed E-state index contributed by atoms with van der Waals surface area (Å²) in [6.45, 7) is 4.06. The summed E-state index contributed by atoms with van der Waals surface area (Å²) in [5.41, 5.74) is 0. The second kappa shape index (κ2) is 72.3. The summed E-state index contributed by atoms with van der Waals surface area (Å²) in [7, 11) is 0. The molecule has 0 rings (SSSR count). The number of ether oxygens (including phenoxy) is 2. The van der Waals surface area contributed by atoms with Crippen LogP contribution in [0.25, 0.3) is 0 Å². The van der Waals surface area contributed by atoms with Gasteiger partial charge in [-0.05, 0) is 89.9 Å². The van der Waals surface area contributed by atoms with Gasteiger partial charge in [-0.3, -0.25) is 9.59 Å². The zero-order valence-corrected chi connectivity index (χ0v) is 54.8.